The predicted octanol–water partition coefficient (Wildman–Crippen LogP) is 6.23. The first-order valence-corrected chi connectivity index (χ1v) is 9.57. The van der Waals surface area contributed by atoms with E-state index >= 15 is 0 Å². The van der Waals surface area contributed by atoms with Crippen LogP contribution in [0.5, 0.6) is 11.5 Å². The van der Waals surface area contributed by atoms with E-state index in [4.69, 9.17) is 9.47 Å². The van der Waals surface area contributed by atoms with Crippen molar-refractivity contribution >= 4 is 63.9 Å². The minimum atomic E-state index is 0.0825. The Balaban J connectivity index is 2.07. The van der Waals surface area contributed by atoms with Crippen molar-refractivity contribution in [2.45, 2.75) is 4.83 Å². The molecule has 0 N–H and O–H groups in total. The van der Waals surface area contributed by atoms with Crippen LogP contribution in [0.1, 0.15) is 15.3 Å². The molecule has 2 nitrogen and oxygen atoms in total. The number of rotatable bonds is 4. The van der Waals surface area contributed by atoms with Gasteiger partial charge in [0.2, 0.25) is 0 Å². The van der Waals surface area contributed by atoms with Crippen LogP contribution < -0.4 is 9.47 Å². The Morgan fingerprint density at radius 2 is 1.81 bits per heavy atom. The van der Waals surface area contributed by atoms with Gasteiger partial charge in [0.25, 0.3) is 0 Å². The van der Waals surface area contributed by atoms with Crippen LogP contribution in [-0.4, -0.2) is 14.2 Å². The standard InChI is InChI=1S/C15H12Br2O2S2/c1-18-10-6-9(16)11(19-2)5-8(10)15(17)14-7-13-12(21-14)3-4-20-13/h3-7,15H,1-2H3. The summed E-state index contributed by atoms with van der Waals surface area (Å²) < 4.78 is 14.4. The van der Waals surface area contributed by atoms with E-state index in [2.05, 4.69) is 49.4 Å². The highest BCUT2D eigenvalue weighted by molar-refractivity contribution is 9.10. The molecule has 3 aromatic rings. The second-order valence-electron chi connectivity index (χ2n) is 4.39. The van der Waals surface area contributed by atoms with Crippen LogP contribution in [0.3, 0.4) is 0 Å². The molecule has 0 aliphatic rings. The smallest absolute Gasteiger partial charge is 0.133 e. The molecular weight excluding hydrogens is 436 g/mol. The van der Waals surface area contributed by atoms with E-state index < -0.39 is 0 Å². The summed E-state index contributed by atoms with van der Waals surface area (Å²) in [5.74, 6) is 1.63. The van der Waals surface area contributed by atoms with Crippen LogP contribution in [0.25, 0.3) is 9.40 Å². The molecule has 0 saturated carbocycles. The molecular formula is C15H12Br2O2S2. The molecule has 1 atom stereocenters. The van der Waals surface area contributed by atoms with Crippen molar-refractivity contribution in [2.75, 3.05) is 14.2 Å². The number of halogens is 2. The maximum absolute atomic E-state index is 5.52. The summed E-state index contributed by atoms with van der Waals surface area (Å²) >= 11 is 10.9. The van der Waals surface area contributed by atoms with Crippen LogP contribution in [0, 0.1) is 0 Å². The van der Waals surface area contributed by atoms with Crippen molar-refractivity contribution in [3.05, 3.63) is 44.6 Å². The Morgan fingerprint density at radius 3 is 2.48 bits per heavy atom. The van der Waals surface area contributed by atoms with Crippen LogP contribution in [-0.2, 0) is 0 Å². The van der Waals surface area contributed by atoms with E-state index in [1.165, 1.54) is 14.3 Å². The lowest BCUT2D eigenvalue weighted by molar-refractivity contribution is 0.397. The lowest BCUT2D eigenvalue weighted by Crippen LogP contribution is -1.97. The molecule has 3 rings (SSSR count). The average molecular weight is 448 g/mol. The zero-order valence-electron chi connectivity index (χ0n) is 11.4. The lowest BCUT2D eigenvalue weighted by Gasteiger charge is -2.15. The minimum absolute atomic E-state index is 0.0825. The van der Waals surface area contributed by atoms with E-state index in [0.29, 0.717) is 0 Å². The number of benzene rings is 1. The predicted molar refractivity (Wildman–Crippen MR) is 97.7 cm³/mol. The average Bonchev–Trinajstić information content (AvgIpc) is 3.07. The molecule has 6 heteroatoms. The topological polar surface area (TPSA) is 18.5 Å². The summed E-state index contributed by atoms with van der Waals surface area (Å²) in [7, 11) is 3.35. The maximum atomic E-state index is 5.52. The number of fused-ring (bicyclic) bond motifs is 1. The summed E-state index contributed by atoms with van der Waals surface area (Å²) in [6, 6.07) is 8.35. The zero-order chi connectivity index (χ0) is 15.0. The first-order chi connectivity index (χ1) is 10.1. The molecule has 0 fully saturated rings. The van der Waals surface area contributed by atoms with Gasteiger partial charge in [-0.3, -0.25) is 0 Å². The van der Waals surface area contributed by atoms with Crippen molar-refractivity contribution in [1.82, 2.24) is 0 Å². The molecule has 2 aromatic heterocycles. The van der Waals surface area contributed by atoms with E-state index in [-0.39, 0.29) is 4.83 Å². The van der Waals surface area contributed by atoms with Gasteiger partial charge in [0, 0.05) is 19.8 Å². The first-order valence-electron chi connectivity index (χ1n) is 6.16. The Labute approximate surface area is 148 Å². The monoisotopic (exact) mass is 446 g/mol. The summed E-state index contributed by atoms with van der Waals surface area (Å²) in [6.45, 7) is 0. The van der Waals surface area contributed by atoms with Crippen molar-refractivity contribution < 1.29 is 9.47 Å². The van der Waals surface area contributed by atoms with Gasteiger partial charge in [0.1, 0.15) is 11.5 Å². The minimum Gasteiger partial charge on any atom is -0.496 e. The number of thiophene rings is 2. The van der Waals surface area contributed by atoms with Gasteiger partial charge in [-0.05, 0) is 45.6 Å². The molecule has 0 bridgehead atoms. The molecule has 110 valence electrons. The highest BCUT2D eigenvalue weighted by Gasteiger charge is 2.20. The van der Waals surface area contributed by atoms with E-state index in [1.54, 1.807) is 36.9 Å². The largest absolute Gasteiger partial charge is 0.496 e. The number of methoxy groups -OCH3 is 2. The fraction of sp³-hybridized carbons (Fsp3) is 0.200. The van der Waals surface area contributed by atoms with E-state index in [0.717, 1.165) is 21.5 Å². The van der Waals surface area contributed by atoms with Crippen LogP contribution in [0.15, 0.2) is 34.1 Å². The SMILES string of the molecule is COc1cc(C(Br)c2cc3sccc3s2)c(OC)cc1Br. The fourth-order valence-corrected chi connectivity index (χ4v) is 5.52. The molecule has 2 heterocycles. The van der Waals surface area contributed by atoms with Gasteiger partial charge < -0.3 is 9.47 Å². The van der Waals surface area contributed by atoms with Gasteiger partial charge in [-0.15, -0.1) is 22.7 Å². The highest BCUT2D eigenvalue weighted by atomic mass is 79.9. The second-order valence-corrected chi connectivity index (χ2v) is 8.22. The van der Waals surface area contributed by atoms with Crippen LogP contribution in [0.2, 0.25) is 0 Å². The third-order valence-electron chi connectivity index (χ3n) is 3.19. The summed E-state index contributed by atoms with van der Waals surface area (Å²) in [4.78, 5) is 1.35. The molecule has 1 unspecified atom stereocenters. The van der Waals surface area contributed by atoms with Gasteiger partial charge in [0.15, 0.2) is 0 Å². The van der Waals surface area contributed by atoms with Gasteiger partial charge in [0.05, 0.1) is 23.5 Å². The zero-order valence-corrected chi connectivity index (χ0v) is 16.2. The van der Waals surface area contributed by atoms with Crippen molar-refractivity contribution in [2.24, 2.45) is 0 Å². The number of hydrogen-bond acceptors (Lipinski definition) is 4. The van der Waals surface area contributed by atoms with Gasteiger partial charge in [-0.2, -0.15) is 0 Å². The summed E-state index contributed by atoms with van der Waals surface area (Å²) in [5, 5.41) is 2.12. The third-order valence-corrected chi connectivity index (χ3v) is 7.25. The van der Waals surface area contributed by atoms with Crippen molar-refractivity contribution in [3.63, 3.8) is 0 Å². The summed E-state index contributed by atoms with van der Waals surface area (Å²) in [5.41, 5.74) is 1.06. The second kappa shape index (κ2) is 6.28. The van der Waals surface area contributed by atoms with Gasteiger partial charge in [-0.25, -0.2) is 0 Å². The van der Waals surface area contributed by atoms with Crippen molar-refractivity contribution in [1.29, 1.82) is 0 Å². The van der Waals surface area contributed by atoms with E-state index in [9.17, 15) is 0 Å². The molecule has 0 aliphatic heterocycles. The Bertz CT molecular complexity index is 751. The molecule has 0 radical (unpaired) electrons. The normalized spacial score (nSPS) is 12.6. The fourth-order valence-electron chi connectivity index (χ4n) is 2.14. The molecule has 0 saturated heterocycles. The molecule has 0 aliphatic carbocycles. The maximum Gasteiger partial charge on any atom is 0.133 e. The Morgan fingerprint density at radius 1 is 1.05 bits per heavy atom. The molecule has 21 heavy (non-hydrogen) atoms. The molecule has 0 amide bonds. The lowest BCUT2D eigenvalue weighted by atomic mass is 10.1. The quantitative estimate of drug-likeness (QED) is 0.441. The van der Waals surface area contributed by atoms with Crippen LogP contribution in [0.4, 0.5) is 0 Å². The molecule has 1 aromatic carbocycles. The van der Waals surface area contributed by atoms with Gasteiger partial charge >= 0.3 is 0 Å². The van der Waals surface area contributed by atoms with Gasteiger partial charge in [-0.1, -0.05) is 15.9 Å². The first kappa shape index (κ1) is 15.3. The Hall–Kier alpha value is -0.560. The number of ether oxygens (including phenoxy) is 2. The Kier molecular flexibility index (Phi) is 4.59. The number of hydrogen-bond donors (Lipinski definition) is 0. The van der Waals surface area contributed by atoms with E-state index in [1.807, 2.05) is 12.1 Å². The van der Waals surface area contributed by atoms with Crippen LogP contribution >= 0.6 is 54.5 Å². The number of alkyl halides is 1. The molecule has 0 spiro atoms. The highest BCUT2D eigenvalue weighted by Crippen LogP contribution is 2.45. The van der Waals surface area contributed by atoms with Crippen molar-refractivity contribution in [3.8, 4) is 11.5 Å². The summed E-state index contributed by atoms with van der Waals surface area (Å²) in [6.07, 6.45) is 0. The third kappa shape index (κ3) is 2.86.